The van der Waals surface area contributed by atoms with E-state index in [2.05, 4.69) is 38.8 Å². The summed E-state index contributed by atoms with van der Waals surface area (Å²) in [6.45, 7) is 3.26. The number of sulfonamides is 1. The van der Waals surface area contributed by atoms with Crippen LogP contribution in [0.15, 0.2) is 68.4 Å². The van der Waals surface area contributed by atoms with Gasteiger partial charge in [0, 0.05) is 21.3 Å². The Hall–Kier alpha value is -1.90. The van der Waals surface area contributed by atoms with Gasteiger partial charge in [0.25, 0.3) is 10.0 Å². The van der Waals surface area contributed by atoms with E-state index in [0.717, 1.165) is 28.3 Å². The molecule has 0 aliphatic rings. The minimum Gasteiger partial charge on any atom is -0.326 e. The van der Waals surface area contributed by atoms with E-state index in [4.69, 9.17) is 4.84 Å². The number of carbonyl (C=O) groups is 1. The Morgan fingerprint density at radius 2 is 1.70 bits per heavy atom. The van der Waals surface area contributed by atoms with Crippen molar-refractivity contribution in [2.45, 2.75) is 38.0 Å². The molecule has 0 aromatic heterocycles. The molecule has 3 aromatic carbocycles. The number of rotatable bonds is 7. The minimum absolute atomic E-state index is 0.000578. The molecule has 0 saturated heterocycles. The Morgan fingerprint density at radius 1 is 1.03 bits per heavy atom. The Bertz CT molecular complexity index is 1170. The van der Waals surface area contributed by atoms with Crippen LogP contribution in [0.4, 0.5) is 5.69 Å². The molecule has 0 aliphatic carbocycles. The van der Waals surface area contributed by atoms with Gasteiger partial charge in [-0.1, -0.05) is 86.1 Å². The largest absolute Gasteiger partial charge is 0.330 e. The number of anilines is 1. The van der Waals surface area contributed by atoms with Crippen LogP contribution < -0.4 is 4.47 Å². The molecule has 30 heavy (non-hydrogen) atoms. The summed E-state index contributed by atoms with van der Waals surface area (Å²) >= 11 is 6.66. The van der Waals surface area contributed by atoms with Crippen molar-refractivity contribution in [3.05, 3.63) is 69.1 Å². The first-order chi connectivity index (χ1) is 14.2. The SMILES string of the molecule is CCCCc1ccc2ccccc2c1N(OC(C)=O)S(=O)(=O)c1cc(Br)cc(Br)c1. The molecule has 0 radical (unpaired) electrons. The van der Waals surface area contributed by atoms with Crippen LogP contribution in [0, 0.1) is 0 Å². The predicted molar refractivity (Wildman–Crippen MR) is 126 cm³/mol. The van der Waals surface area contributed by atoms with Gasteiger partial charge >= 0.3 is 5.97 Å². The number of hydrogen-bond acceptors (Lipinski definition) is 4. The monoisotopic (exact) mass is 553 g/mol. The molecule has 3 rings (SSSR count). The summed E-state index contributed by atoms with van der Waals surface area (Å²) in [5.41, 5.74) is 1.17. The third-order valence-electron chi connectivity index (χ3n) is 4.53. The van der Waals surface area contributed by atoms with Crippen molar-refractivity contribution in [2.75, 3.05) is 4.47 Å². The molecule has 0 unspecified atom stereocenters. The first kappa shape index (κ1) is 22.8. The zero-order valence-electron chi connectivity index (χ0n) is 16.6. The smallest absolute Gasteiger partial charge is 0.326 e. The predicted octanol–water partition coefficient (Wildman–Crippen LogP) is 6.38. The zero-order valence-corrected chi connectivity index (χ0v) is 20.6. The van der Waals surface area contributed by atoms with E-state index < -0.39 is 16.0 Å². The molecule has 0 amide bonds. The van der Waals surface area contributed by atoms with Crippen LogP contribution >= 0.6 is 31.9 Å². The normalized spacial score (nSPS) is 11.5. The zero-order chi connectivity index (χ0) is 21.9. The van der Waals surface area contributed by atoms with Gasteiger partial charge in [-0.2, -0.15) is 8.42 Å². The van der Waals surface area contributed by atoms with Crippen LogP contribution in [0.2, 0.25) is 0 Å². The molecular weight excluding hydrogens is 534 g/mol. The third kappa shape index (κ3) is 4.87. The lowest BCUT2D eigenvalue weighted by Crippen LogP contribution is -2.34. The first-order valence-corrected chi connectivity index (χ1v) is 12.5. The maximum atomic E-state index is 13.6. The summed E-state index contributed by atoms with van der Waals surface area (Å²) < 4.78 is 29.2. The molecule has 0 saturated carbocycles. The number of fused-ring (bicyclic) bond motifs is 1. The lowest BCUT2D eigenvalue weighted by Gasteiger charge is -2.26. The Balaban J connectivity index is 2.30. The Morgan fingerprint density at radius 3 is 2.33 bits per heavy atom. The summed E-state index contributed by atoms with van der Waals surface area (Å²) in [5, 5.41) is 1.56. The fourth-order valence-electron chi connectivity index (χ4n) is 3.19. The minimum atomic E-state index is -4.20. The molecule has 8 heteroatoms. The van der Waals surface area contributed by atoms with Gasteiger partial charge < -0.3 is 4.84 Å². The number of benzene rings is 3. The molecule has 0 N–H and O–H groups in total. The average Bonchev–Trinajstić information content (AvgIpc) is 2.69. The highest BCUT2D eigenvalue weighted by Gasteiger charge is 2.32. The van der Waals surface area contributed by atoms with Crippen molar-refractivity contribution >= 4 is 64.3 Å². The molecular formula is C22H21Br2NO4S. The number of hydrogen-bond donors (Lipinski definition) is 0. The van der Waals surface area contributed by atoms with Crippen LogP contribution in [0.25, 0.3) is 10.8 Å². The molecule has 0 bridgehead atoms. The molecule has 158 valence electrons. The Labute approximate surface area is 193 Å². The van der Waals surface area contributed by atoms with Gasteiger partial charge in [-0.25, -0.2) is 4.79 Å². The van der Waals surface area contributed by atoms with Crippen molar-refractivity contribution in [3.8, 4) is 0 Å². The molecule has 0 spiro atoms. The van der Waals surface area contributed by atoms with Gasteiger partial charge in [-0.15, -0.1) is 0 Å². The van der Waals surface area contributed by atoms with Crippen LogP contribution in [0.1, 0.15) is 32.3 Å². The molecule has 0 heterocycles. The van der Waals surface area contributed by atoms with Gasteiger partial charge in [-0.05, 0) is 42.0 Å². The molecule has 5 nitrogen and oxygen atoms in total. The van der Waals surface area contributed by atoms with Crippen LogP contribution in [-0.2, 0) is 26.1 Å². The van der Waals surface area contributed by atoms with Crippen LogP contribution in [-0.4, -0.2) is 14.4 Å². The summed E-state index contributed by atoms with van der Waals surface area (Å²) in [6.07, 6.45) is 2.49. The molecule has 3 aromatic rings. The third-order valence-corrected chi connectivity index (χ3v) is 6.97. The number of halogens is 2. The highest BCUT2D eigenvalue weighted by atomic mass is 79.9. The number of carbonyl (C=O) groups excluding carboxylic acids is 1. The van der Waals surface area contributed by atoms with Gasteiger partial charge in [0.1, 0.15) is 5.69 Å². The fourth-order valence-corrected chi connectivity index (χ4v) is 6.19. The van der Waals surface area contributed by atoms with E-state index in [1.807, 2.05) is 36.4 Å². The van der Waals surface area contributed by atoms with Gasteiger partial charge in [0.15, 0.2) is 0 Å². The van der Waals surface area contributed by atoms with Gasteiger partial charge in [0.2, 0.25) is 0 Å². The van der Waals surface area contributed by atoms with Gasteiger partial charge in [-0.3, -0.25) is 0 Å². The summed E-state index contributed by atoms with van der Waals surface area (Å²) in [6, 6.07) is 16.0. The average molecular weight is 555 g/mol. The number of aryl methyl sites for hydroxylation is 1. The number of nitrogens with zero attached hydrogens (tertiary/aromatic N) is 1. The fraction of sp³-hybridized carbons (Fsp3) is 0.227. The van der Waals surface area contributed by atoms with Gasteiger partial charge in [0.05, 0.1) is 4.90 Å². The van der Waals surface area contributed by atoms with E-state index in [1.165, 1.54) is 19.1 Å². The van der Waals surface area contributed by atoms with E-state index in [0.29, 0.717) is 26.4 Å². The second-order valence-electron chi connectivity index (χ2n) is 6.82. The first-order valence-electron chi connectivity index (χ1n) is 9.44. The lowest BCUT2D eigenvalue weighted by molar-refractivity contribution is -0.140. The van der Waals surface area contributed by atoms with Crippen molar-refractivity contribution < 1.29 is 18.0 Å². The van der Waals surface area contributed by atoms with E-state index in [9.17, 15) is 13.2 Å². The van der Waals surface area contributed by atoms with Crippen molar-refractivity contribution in [3.63, 3.8) is 0 Å². The maximum absolute atomic E-state index is 13.6. The standard InChI is InChI=1S/C22H21Br2NO4S/c1-3-4-7-17-11-10-16-8-5-6-9-21(16)22(17)25(29-15(2)26)30(27,28)20-13-18(23)12-19(24)14-20/h5-6,8-14H,3-4,7H2,1-2H3. The molecule has 0 aliphatic heterocycles. The summed E-state index contributed by atoms with van der Waals surface area (Å²) in [5.74, 6) is -0.720. The summed E-state index contributed by atoms with van der Waals surface area (Å²) in [4.78, 5) is 17.3. The van der Waals surface area contributed by atoms with Crippen molar-refractivity contribution in [2.24, 2.45) is 0 Å². The van der Waals surface area contributed by atoms with Crippen molar-refractivity contribution in [1.82, 2.24) is 0 Å². The van der Waals surface area contributed by atoms with Crippen LogP contribution in [0.3, 0.4) is 0 Å². The quantitative estimate of drug-likeness (QED) is 0.318. The second-order valence-corrected chi connectivity index (χ2v) is 10.4. The highest BCUT2D eigenvalue weighted by Crippen LogP contribution is 2.37. The number of unbranched alkanes of at least 4 members (excludes halogenated alkanes) is 1. The maximum Gasteiger partial charge on any atom is 0.330 e. The topological polar surface area (TPSA) is 63.7 Å². The van der Waals surface area contributed by atoms with E-state index in [1.54, 1.807) is 6.07 Å². The van der Waals surface area contributed by atoms with E-state index >= 15 is 0 Å². The highest BCUT2D eigenvalue weighted by molar-refractivity contribution is 9.11. The Kier molecular flexibility index (Phi) is 7.21. The van der Waals surface area contributed by atoms with Crippen LogP contribution in [0.5, 0.6) is 0 Å². The van der Waals surface area contributed by atoms with Crippen molar-refractivity contribution in [1.29, 1.82) is 0 Å². The molecule has 0 fully saturated rings. The lowest BCUT2D eigenvalue weighted by atomic mass is 10.0. The second kappa shape index (κ2) is 9.49. The summed E-state index contributed by atoms with van der Waals surface area (Å²) in [7, 11) is -4.20. The van der Waals surface area contributed by atoms with E-state index in [-0.39, 0.29) is 4.90 Å². The molecule has 0 atom stereocenters.